The molecular weight excluding hydrogens is 330 g/mol. The van der Waals surface area contributed by atoms with Gasteiger partial charge in [0.25, 0.3) is 0 Å². The van der Waals surface area contributed by atoms with E-state index in [4.69, 9.17) is 0 Å². The summed E-state index contributed by atoms with van der Waals surface area (Å²) in [6.07, 6.45) is 15.4. The van der Waals surface area contributed by atoms with Gasteiger partial charge < -0.3 is 0 Å². The maximum Gasteiger partial charge on any atom is -0.147 e. The summed E-state index contributed by atoms with van der Waals surface area (Å²) in [4.78, 5) is 0. The van der Waals surface area contributed by atoms with Gasteiger partial charge >= 0.3 is 105 Å². The van der Waals surface area contributed by atoms with Gasteiger partial charge in [-0.25, -0.2) is 0 Å². The molecule has 0 aliphatic heterocycles. The van der Waals surface area contributed by atoms with Gasteiger partial charge in [-0.05, 0) is 0 Å². The Balaban J connectivity index is 0.00000128. The molecule has 0 bridgehead atoms. The van der Waals surface area contributed by atoms with Crippen molar-refractivity contribution in [3.63, 3.8) is 0 Å². The van der Waals surface area contributed by atoms with Crippen LogP contribution in [-0.4, -0.2) is 0 Å². The average molecular weight is 350 g/mol. The second-order valence-corrected chi connectivity index (χ2v) is 8.33. The first-order valence-electron chi connectivity index (χ1n) is 5.77. The molecule has 0 N–H and O–H groups in total. The molecule has 0 aromatic carbocycles. The van der Waals surface area contributed by atoms with Crippen molar-refractivity contribution in [1.29, 1.82) is 0 Å². The standard InChI is InChI=1S/C9H13.C5H5.2ClH.Zr/c1-8(2)7-9-5-3-4-6-9;1-2-4-5-3-1;;;/h3,5,8H,4,7H2,1-2H3;1-3H,4H2;2*1H;. The third-order valence-corrected chi connectivity index (χ3v) is 6.47. The fraction of sp³-hybridized carbons (Fsp3) is 0.429. The average Bonchev–Trinajstić information content (AvgIpc) is 2.78. The predicted octanol–water partition coefficient (Wildman–Crippen LogP) is 5.02. The molecule has 0 saturated heterocycles. The Morgan fingerprint density at radius 1 is 1.18 bits per heavy atom. The molecule has 2 rings (SSSR count). The van der Waals surface area contributed by atoms with Gasteiger partial charge in [0.2, 0.25) is 0 Å². The molecule has 0 heterocycles. The summed E-state index contributed by atoms with van der Waals surface area (Å²) in [5, 5.41) is 0. The minimum Gasteiger partial charge on any atom is -0.147 e. The minimum atomic E-state index is -0.403. The number of hydrogen-bond acceptors (Lipinski definition) is 0. The largest absolute Gasteiger partial charge is 0.147 e. The van der Waals surface area contributed by atoms with Crippen LogP contribution < -0.4 is 0 Å². The Labute approximate surface area is 129 Å². The van der Waals surface area contributed by atoms with E-state index in [1.54, 1.807) is 8.85 Å². The Morgan fingerprint density at radius 3 is 2.53 bits per heavy atom. The third kappa shape index (κ3) is 5.29. The molecule has 0 saturated carbocycles. The first-order valence-corrected chi connectivity index (χ1v) is 8.23. The number of rotatable bonds is 4. The minimum absolute atomic E-state index is 0. The quantitative estimate of drug-likeness (QED) is 0.668. The van der Waals surface area contributed by atoms with Crippen LogP contribution >= 0.6 is 24.8 Å². The molecular formula is C14H20Cl2Zr. The van der Waals surface area contributed by atoms with E-state index < -0.39 is 23.2 Å². The summed E-state index contributed by atoms with van der Waals surface area (Å²) >= 11 is -0.403. The second kappa shape index (κ2) is 8.51. The Morgan fingerprint density at radius 2 is 1.94 bits per heavy atom. The number of halogens is 2. The summed E-state index contributed by atoms with van der Waals surface area (Å²) in [7, 11) is 0. The van der Waals surface area contributed by atoms with Gasteiger partial charge in [-0.3, -0.25) is 0 Å². The Bertz CT molecular complexity index is 362. The number of hydrogen-bond donors (Lipinski definition) is 0. The van der Waals surface area contributed by atoms with Gasteiger partial charge in [-0.1, -0.05) is 0 Å². The maximum atomic E-state index is 2.37. The Hall–Kier alpha value is 0.423. The normalized spacial score (nSPS) is 17.0. The van der Waals surface area contributed by atoms with Gasteiger partial charge in [-0.15, -0.1) is 24.8 Å². The van der Waals surface area contributed by atoms with E-state index in [2.05, 4.69) is 44.2 Å². The maximum absolute atomic E-state index is 2.37. The zero-order valence-corrected chi connectivity index (χ0v) is 14.5. The van der Waals surface area contributed by atoms with Crippen molar-refractivity contribution >= 4 is 24.8 Å². The van der Waals surface area contributed by atoms with Crippen molar-refractivity contribution in [2.24, 2.45) is 5.92 Å². The van der Waals surface area contributed by atoms with Gasteiger partial charge in [0.05, 0.1) is 0 Å². The van der Waals surface area contributed by atoms with Crippen LogP contribution in [0.5, 0.6) is 0 Å². The molecule has 0 aromatic heterocycles. The van der Waals surface area contributed by atoms with E-state index in [1.807, 2.05) is 3.28 Å². The monoisotopic (exact) mass is 348 g/mol. The van der Waals surface area contributed by atoms with Crippen LogP contribution in [0.2, 0.25) is 0 Å². The SMILES string of the molecule is CC(C)CC1=[C]([Zr][C]2=CC=CC2)CC=C1.Cl.Cl. The van der Waals surface area contributed by atoms with Crippen molar-refractivity contribution in [2.75, 3.05) is 0 Å². The first kappa shape index (κ1) is 17.4. The van der Waals surface area contributed by atoms with Crippen LogP contribution in [0.1, 0.15) is 33.1 Å². The Kier molecular flexibility index (Phi) is 8.72. The van der Waals surface area contributed by atoms with Crippen molar-refractivity contribution < 1.29 is 23.2 Å². The number of allylic oxidation sites excluding steroid dienone is 8. The topological polar surface area (TPSA) is 0 Å². The van der Waals surface area contributed by atoms with Gasteiger partial charge in [0.15, 0.2) is 0 Å². The molecule has 0 spiro atoms. The van der Waals surface area contributed by atoms with Crippen molar-refractivity contribution in [3.05, 3.63) is 42.5 Å². The zero-order chi connectivity index (χ0) is 10.7. The van der Waals surface area contributed by atoms with Crippen LogP contribution in [0.3, 0.4) is 0 Å². The third-order valence-electron chi connectivity index (χ3n) is 2.74. The molecule has 0 amide bonds. The summed E-state index contributed by atoms with van der Waals surface area (Å²) < 4.78 is 3.57. The molecule has 0 radical (unpaired) electrons. The molecule has 0 atom stereocenters. The molecule has 0 aromatic rings. The van der Waals surface area contributed by atoms with Crippen molar-refractivity contribution in [1.82, 2.24) is 0 Å². The fourth-order valence-electron chi connectivity index (χ4n) is 2.05. The molecule has 2 aliphatic carbocycles. The van der Waals surface area contributed by atoms with E-state index in [-0.39, 0.29) is 24.8 Å². The van der Waals surface area contributed by atoms with E-state index in [9.17, 15) is 0 Å². The second-order valence-electron chi connectivity index (χ2n) is 4.66. The molecule has 94 valence electrons. The molecule has 0 unspecified atom stereocenters. The van der Waals surface area contributed by atoms with E-state index in [0.717, 1.165) is 5.92 Å². The first-order chi connectivity index (χ1) is 7.25. The summed E-state index contributed by atoms with van der Waals surface area (Å²) in [6.45, 7) is 4.64. The van der Waals surface area contributed by atoms with E-state index >= 15 is 0 Å². The van der Waals surface area contributed by atoms with E-state index in [0.29, 0.717) is 0 Å². The van der Waals surface area contributed by atoms with Crippen LogP contribution in [-0.2, 0) is 23.2 Å². The van der Waals surface area contributed by atoms with Crippen LogP contribution in [0, 0.1) is 5.92 Å². The zero-order valence-electron chi connectivity index (χ0n) is 10.4. The van der Waals surface area contributed by atoms with E-state index in [1.165, 1.54) is 19.3 Å². The molecule has 0 nitrogen and oxygen atoms in total. The summed E-state index contributed by atoms with van der Waals surface area (Å²) in [5.74, 6) is 0.799. The summed E-state index contributed by atoms with van der Waals surface area (Å²) in [5.41, 5.74) is 1.67. The smallest absolute Gasteiger partial charge is 0.147 e. The molecule has 2 aliphatic rings. The van der Waals surface area contributed by atoms with Crippen LogP contribution in [0.25, 0.3) is 0 Å². The van der Waals surface area contributed by atoms with Gasteiger partial charge in [0.1, 0.15) is 0 Å². The summed E-state index contributed by atoms with van der Waals surface area (Å²) in [6, 6.07) is 0. The fourth-order valence-corrected chi connectivity index (χ4v) is 5.37. The van der Waals surface area contributed by atoms with Gasteiger partial charge in [0, 0.05) is 0 Å². The van der Waals surface area contributed by atoms with Crippen LogP contribution in [0.15, 0.2) is 42.5 Å². The van der Waals surface area contributed by atoms with Crippen molar-refractivity contribution in [3.8, 4) is 0 Å². The molecule has 3 heteroatoms. The predicted molar refractivity (Wildman–Crippen MR) is 76.6 cm³/mol. The van der Waals surface area contributed by atoms with Crippen LogP contribution in [0.4, 0.5) is 0 Å². The van der Waals surface area contributed by atoms with Crippen molar-refractivity contribution in [2.45, 2.75) is 33.1 Å². The molecule has 0 fully saturated rings. The van der Waals surface area contributed by atoms with Gasteiger partial charge in [-0.2, -0.15) is 0 Å². The molecule has 17 heavy (non-hydrogen) atoms.